The summed E-state index contributed by atoms with van der Waals surface area (Å²) in [5, 5.41) is 21.1. The summed E-state index contributed by atoms with van der Waals surface area (Å²) in [6.45, 7) is 5.14. The van der Waals surface area contributed by atoms with E-state index in [4.69, 9.17) is 0 Å². The number of carboxylic acid groups (broad SMARTS) is 1. The molecule has 0 bridgehead atoms. The Balaban J connectivity index is 1.35. The monoisotopic (exact) mass is 463 g/mol. The first kappa shape index (κ1) is 22.1. The molecule has 178 valence electrons. The van der Waals surface area contributed by atoms with E-state index < -0.39 is 6.09 Å². The minimum atomic E-state index is -0.874. The number of nitrogens with zero attached hydrogens (tertiary/aromatic N) is 6. The van der Waals surface area contributed by atoms with Crippen LogP contribution < -0.4 is 15.8 Å². The molecule has 2 unspecified atom stereocenters. The summed E-state index contributed by atoms with van der Waals surface area (Å²) >= 11 is 0. The number of pyridine rings is 1. The second-order valence-electron chi connectivity index (χ2n) is 9.29. The van der Waals surface area contributed by atoms with Crippen molar-refractivity contribution in [1.82, 2.24) is 24.6 Å². The number of piperazine rings is 1. The fraction of sp³-hybridized carbons (Fsp3) is 0.458. The van der Waals surface area contributed by atoms with Gasteiger partial charge in [0, 0.05) is 36.6 Å². The van der Waals surface area contributed by atoms with Gasteiger partial charge in [-0.15, -0.1) is 10.2 Å². The quantitative estimate of drug-likeness (QED) is 0.603. The normalized spacial score (nSPS) is 21.2. The number of aromatic nitrogens is 4. The van der Waals surface area contributed by atoms with Gasteiger partial charge in [0.2, 0.25) is 5.95 Å². The fourth-order valence-electron chi connectivity index (χ4n) is 5.31. The van der Waals surface area contributed by atoms with Crippen LogP contribution in [0.25, 0.3) is 11.2 Å². The van der Waals surface area contributed by atoms with Crippen molar-refractivity contribution < 1.29 is 9.90 Å². The van der Waals surface area contributed by atoms with Crippen LogP contribution >= 0.6 is 0 Å². The van der Waals surface area contributed by atoms with Gasteiger partial charge >= 0.3 is 6.09 Å². The highest BCUT2D eigenvalue weighted by Crippen LogP contribution is 2.30. The highest BCUT2D eigenvalue weighted by Gasteiger charge is 2.32. The van der Waals surface area contributed by atoms with E-state index in [1.807, 2.05) is 38.1 Å². The van der Waals surface area contributed by atoms with E-state index >= 15 is 0 Å². The molecule has 1 aliphatic heterocycles. The first-order valence-corrected chi connectivity index (χ1v) is 11.8. The van der Waals surface area contributed by atoms with E-state index in [0.717, 1.165) is 37.1 Å². The summed E-state index contributed by atoms with van der Waals surface area (Å²) in [4.78, 5) is 32.4. The molecule has 2 N–H and O–H groups in total. The van der Waals surface area contributed by atoms with E-state index in [-0.39, 0.29) is 23.7 Å². The Labute approximate surface area is 197 Å². The molecule has 2 fully saturated rings. The highest BCUT2D eigenvalue weighted by molar-refractivity contribution is 5.71. The van der Waals surface area contributed by atoms with Gasteiger partial charge in [-0.1, -0.05) is 12.8 Å². The summed E-state index contributed by atoms with van der Waals surface area (Å²) in [6.07, 6.45) is 3.32. The zero-order valence-corrected chi connectivity index (χ0v) is 19.4. The molecule has 3 aromatic rings. The minimum Gasteiger partial charge on any atom is -0.465 e. The second kappa shape index (κ2) is 8.92. The van der Waals surface area contributed by atoms with E-state index in [2.05, 4.69) is 25.4 Å². The molecule has 1 saturated carbocycles. The van der Waals surface area contributed by atoms with Crippen LogP contribution in [0, 0.1) is 0 Å². The van der Waals surface area contributed by atoms with Gasteiger partial charge in [-0.2, -0.15) is 4.98 Å². The lowest BCUT2D eigenvalue weighted by atomic mass is 10.1. The van der Waals surface area contributed by atoms with Gasteiger partial charge in [0.05, 0.1) is 12.1 Å². The number of benzene rings is 1. The molecule has 2 aliphatic rings. The van der Waals surface area contributed by atoms with Crippen LogP contribution in [0.2, 0.25) is 0 Å². The Hall–Kier alpha value is -3.69. The molecule has 3 heterocycles. The third kappa shape index (κ3) is 4.15. The summed E-state index contributed by atoms with van der Waals surface area (Å²) in [5.74, 6) is 0.343. The van der Waals surface area contributed by atoms with Crippen molar-refractivity contribution in [3.05, 3.63) is 46.8 Å². The maximum absolute atomic E-state index is 12.6. The summed E-state index contributed by atoms with van der Waals surface area (Å²) in [6, 6.07) is 11.1. The number of rotatable bonds is 4. The molecule has 10 nitrogen and oxygen atoms in total. The molecular weight excluding hydrogens is 434 g/mol. The van der Waals surface area contributed by atoms with Crippen molar-refractivity contribution in [3.63, 3.8) is 0 Å². The van der Waals surface area contributed by atoms with Crippen molar-refractivity contribution in [2.24, 2.45) is 0 Å². The van der Waals surface area contributed by atoms with Gasteiger partial charge in [0.1, 0.15) is 5.52 Å². The maximum atomic E-state index is 12.6. The Morgan fingerprint density at radius 2 is 1.68 bits per heavy atom. The second-order valence-corrected chi connectivity index (χ2v) is 9.29. The average Bonchev–Trinajstić information content (AvgIpc) is 3.33. The van der Waals surface area contributed by atoms with Crippen LogP contribution in [-0.4, -0.2) is 61.0 Å². The topological polar surface area (TPSA) is 116 Å². The number of anilines is 3. The van der Waals surface area contributed by atoms with Crippen LogP contribution in [0.1, 0.15) is 45.6 Å². The number of carbonyl (C=O) groups is 1. The highest BCUT2D eigenvalue weighted by atomic mass is 16.4. The Bertz CT molecular complexity index is 1240. The Kier molecular flexibility index (Phi) is 5.80. The molecule has 2 aromatic heterocycles. The third-order valence-corrected chi connectivity index (χ3v) is 6.86. The molecule has 1 amide bonds. The van der Waals surface area contributed by atoms with Gasteiger partial charge in [0.25, 0.3) is 5.56 Å². The maximum Gasteiger partial charge on any atom is 0.407 e. The predicted molar refractivity (Wildman–Crippen MR) is 130 cm³/mol. The molecule has 0 radical (unpaired) electrons. The molecule has 2 atom stereocenters. The van der Waals surface area contributed by atoms with Crippen LogP contribution in [0.5, 0.6) is 0 Å². The Morgan fingerprint density at radius 3 is 2.32 bits per heavy atom. The molecule has 5 rings (SSSR count). The van der Waals surface area contributed by atoms with Gasteiger partial charge in [-0.05, 0) is 57.0 Å². The van der Waals surface area contributed by atoms with E-state index in [1.54, 1.807) is 16.7 Å². The average molecular weight is 464 g/mol. The number of amides is 1. The minimum absolute atomic E-state index is 0.0540. The Morgan fingerprint density at radius 1 is 1.00 bits per heavy atom. The molecule has 1 saturated heterocycles. The van der Waals surface area contributed by atoms with Gasteiger partial charge in [0.15, 0.2) is 5.65 Å². The first-order chi connectivity index (χ1) is 16.4. The van der Waals surface area contributed by atoms with E-state index in [1.165, 1.54) is 4.90 Å². The van der Waals surface area contributed by atoms with Gasteiger partial charge < -0.3 is 15.3 Å². The lowest BCUT2D eigenvalue weighted by Crippen LogP contribution is -2.58. The van der Waals surface area contributed by atoms with E-state index in [9.17, 15) is 14.7 Å². The van der Waals surface area contributed by atoms with Crippen molar-refractivity contribution in [1.29, 1.82) is 0 Å². The van der Waals surface area contributed by atoms with Gasteiger partial charge in [-0.3, -0.25) is 14.3 Å². The molecule has 10 heteroatoms. The largest absolute Gasteiger partial charge is 0.465 e. The van der Waals surface area contributed by atoms with Crippen molar-refractivity contribution >= 4 is 34.6 Å². The lowest BCUT2D eigenvalue weighted by molar-refractivity contribution is 0.0983. The van der Waals surface area contributed by atoms with E-state index in [0.29, 0.717) is 30.2 Å². The zero-order valence-electron chi connectivity index (χ0n) is 19.4. The molecule has 0 spiro atoms. The van der Waals surface area contributed by atoms with Gasteiger partial charge in [-0.25, -0.2) is 4.79 Å². The zero-order chi connectivity index (χ0) is 23.8. The molecule has 1 aliphatic carbocycles. The summed E-state index contributed by atoms with van der Waals surface area (Å²) in [5.41, 5.74) is 2.95. The van der Waals surface area contributed by atoms with Crippen LogP contribution in [-0.2, 0) is 0 Å². The number of hydrogen-bond donors (Lipinski definition) is 2. The molecule has 34 heavy (non-hydrogen) atoms. The first-order valence-electron chi connectivity index (χ1n) is 11.8. The van der Waals surface area contributed by atoms with Crippen molar-refractivity contribution in [2.75, 3.05) is 23.3 Å². The summed E-state index contributed by atoms with van der Waals surface area (Å²) < 4.78 is 1.77. The number of fused-ring (bicyclic) bond motifs is 1. The lowest BCUT2D eigenvalue weighted by Gasteiger charge is -2.43. The van der Waals surface area contributed by atoms with Crippen molar-refractivity contribution in [3.8, 4) is 0 Å². The standard InChI is InChI=1S/C24H29N7O3/c1-15-13-29(14-16(2)30(15)24(33)34)18-9-7-17(8-10-18)25-23-26-22-20(27-28-23)11-12-21(32)31(22)19-5-3-4-6-19/h7-12,15-16,19H,3-6,13-14H2,1-2H3,(H,33,34)(H,25,26,28). The predicted octanol–water partition coefficient (Wildman–Crippen LogP) is 3.62. The molecular formula is C24H29N7O3. The van der Waals surface area contributed by atoms with Crippen LogP contribution in [0.4, 0.5) is 22.1 Å². The van der Waals surface area contributed by atoms with Crippen LogP contribution in [0.3, 0.4) is 0 Å². The fourth-order valence-corrected chi connectivity index (χ4v) is 5.31. The number of nitrogens with one attached hydrogen (secondary N) is 1. The number of hydrogen-bond acceptors (Lipinski definition) is 7. The van der Waals surface area contributed by atoms with Crippen molar-refractivity contribution in [2.45, 2.75) is 57.7 Å². The smallest absolute Gasteiger partial charge is 0.407 e. The SMILES string of the molecule is CC1CN(c2ccc(Nc3nnc4ccc(=O)n(C5CCCC5)c4n3)cc2)CC(C)N1C(=O)O. The van der Waals surface area contributed by atoms with Crippen LogP contribution in [0.15, 0.2) is 41.2 Å². The summed E-state index contributed by atoms with van der Waals surface area (Å²) in [7, 11) is 0. The third-order valence-electron chi connectivity index (χ3n) is 6.86. The molecule has 1 aromatic carbocycles.